The van der Waals surface area contributed by atoms with E-state index >= 15 is 0 Å². The highest BCUT2D eigenvalue weighted by molar-refractivity contribution is 7.10. The summed E-state index contributed by atoms with van der Waals surface area (Å²) in [6.45, 7) is 2.25. The van der Waals surface area contributed by atoms with Crippen molar-refractivity contribution in [2.45, 2.75) is 19.8 Å². The van der Waals surface area contributed by atoms with Gasteiger partial charge in [0, 0.05) is 10.3 Å². The van der Waals surface area contributed by atoms with Crippen LogP contribution in [0.4, 0.5) is 0 Å². The van der Waals surface area contributed by atoms with Crippen LogP contribution in [-0.4, -0.2) is 12.6 Å². The third kappa shape index (κ3) is 3.79. The van der Waals surface area contributed by atoms with E-state index in [1.807, 2.05) is 11.4 Å². The predicted molar refractivity (Wildman–Crippen MR) is 54.3 cm³/mol. The molecule has 0 aromatic carbocycles. The van der Waals surface area contributed by atoms with E-state index < -0.39 is 0 Å². The van der Waals surface area contributed by atoms with Gasteiger partial charge in [0.2, 0.25) is 0 Å². The molecule has 0 aliphatic rings. The zero-order chi connectivity index (χ0) is 9.68. The molecule has 1 heterocycles. The summed E-state index contributed by atoms with van der Waals surface area (Å²) in [5.74, 6) is -0.146. The second-order valence-electron chi connectivity index (χ2n) is 2.54. The molecule has 0 fully saturated rings. The molecule has 1 aromatic heterocycles. The quantitative estimate of drug-likeness (QED) is 0.727. The Morgan fingerprint density at radius 2 is 2.46 bits per heavy atom. The Kier molecular flexibility index (Phi) is 4.25. The summed E-state index contributed by atoms with van der Waals surface area (Å²) in [6.07, 6.45) is 1.15. The molecule has 0 N–H and O–H groups in total. The van der Waals surface area contributed by atoms with Gasteiger partial charge in [0.25, 0.3) is 0 Å². The summed E-state index contributed by atoms with van der Waals surface area (Å²) < 4.78 is 4.80. The average molecular weight is 219 g/mol. The van der Waals surface area contributed by atoms with Crippen LogP contribution in [-0.2, 0) is 16.0 Å². The fourth-order valence-corrected chi connectivity index (χ4v) is 2.02. The molecule has 1 aromatic rings. The van der Waals surface area contributed by atoms with Crippen LogP contribution in [0.2, 0.25) is 5.02 Å². The lowest BCUT2D eigenvalue weighted by atomic mass is 10.3. The molecule has 0 bridgehead atoms. The Morgan fingerprint density at radius 1 is 1.69 bits per heavy atom. The summed E-state index contributed by atoms with van der Waals surface area (Å²) in [5, 5.41) is 2.60. The number of carbonyl (C=O) groups is 1. The van der Waals surface area contributed by atoms with Gasteiger partial charge in [-0.3, -0.25) is 4.79 Å². The van der Waals surface area contributed by atoms with Gasteiger partial charge in [-0.25, -0.2) is 0 Å². The molecule has 0 saturated heterocycles. The SMILES string of the molecule is CCOC(=O)CCc1cc(Cl)cs1. The minimum atomic E-state index is -0.146. The molecule has 0 unspecified atom stereocenters. The van der Waals surface area contributed by atoms with Crippen LogP contribution < -0.4 is 0 Å². The lowest BCUT2D eigenvalue weighted by Gasteiger charge is -1.99. The van der Waals surface area contributed by atoms with Gasteiger partial charge in [0.05, 0.1) is 18.1 Å². The van der Waals surface area contributed by atoms with Crippen LogP contribution in [0.1, 0.15) is 18.2 Å². The van der Waals surface area contributed by atoms with Crippen molar-refractivity contribution in [3.63, 3.8) is 0 Å². The molecule has 0 aliphatic carbocycles. The third-order valence-electron chi connectivity index (χ3n) is 1.50. The van der Waals surface area contributed by atoms with Crippen molar-refractivity contribution in [3.8, 4) is 0 Å². The summed E-state index contributed by atoms with van der Waals surface area (Å²) >= 11 is 7.30. The first-order valence-corrected chi connectivity index (χ1v) is 5.36. The van der Waals surface area contributed by atoms with Gasteiger partial charge in [0.15, 0.2) is 0 Å². The Balaban J connectivity index is 2.30. The van der Waals surface area contributed by atoms with E-state index in [0.29, 0.717) is 13.0 Å². The Hall–Kier alpha value is -0.540. The van der Waals surface area contributed by atoms with Gasteiger partial charge in [0.1, 0.15) is 0 Å². The minimum Gasteiger partial charge on any atom is -0.466 e. The molecular formula is C9H11ClO2S. The maximum absolute atomic E-state index is 11.0. The zero-order valence-electron chi connectivity index (χ0n) is 7.38. The lowest BCUT2D eigenvalue weighted by Crippen LogP contribution is -2.04. The van der Waals surface area contributed by atoms with E-state index in [-0.39, 0.29) is 5.97 Å². The molecule has 1 rings (SSSR count). The minimum absolute atomic E-state index is 0.146. The Bertz CT molecular complexity index is 283. The van der Waals surface area contributed by atoms with Gasteiger partial charge >= 0.3 is 5.97 Å². The molecule has 4 heteroatoms. The second kappa shape index (κ2) is 5.25. The van der Waals surface area contributed by atoms with Gasteiger partial charge in [-0.2, -0.15) is 0 Å². The summed E-state index contributed by atoms with van der Waals surface area (Å²) in [7, 11) is 0. The van der Waals surface area contributed by atoms with Gasteiger partial charge in [-0.15, -0.1) is 11.3 Å². The predicted octanol–water partition coefficient (Wildman–Crippen LogP) is 2.90. The van der Waals surface area contributed by atoms with Crippen LogP contribution in [0.15, 0.2) is 11.4 Å². The van der Waals surface area contributed by atoms with Gasteiger partial charge < -0.3 is 4.74 Å². The van der Waals surface area contributed by atoms with E-state index in [1.54, 1.807) is 18.3 Å². The van der Waals surface area contributed by atoms with Crippen molar-refractivity contribution >= 4 is 28.9 Å². The number of thiophene rings is 1. The number of esters is 1. The molecule has 0 amide bonds. The number of hydrogen-bond donors (Lipinski definition) is 0. The summed E-state index contributed by atoms with van der Waals surface area (Å²) in [5.41, 5.74) is 0. The lowest BCUT2D eigenvalue weighted by molar-refractivity contribution is -0.143. The molecule has 0 saturated carbocycles. The fourth-order valence-electron chi connectivity index (χ4n) is 0.943. The van der Waals surface area contributed by atoms with Gasteiger partial charge in [-0.05, 0) is 19.4 Å². The molecular weight excluding hydrogens is 208 g/mol. The molecule has 0 spiro atoms. The largest absolute Gasteiger partial charge is 0.466 e. The van der Waals surface area contributed by atoms with E-state index in [4.69, 9.17) is 16.3 Å². The van der Waals surface area contributed by atoms with Crippen molar-refractivity contribution in [1.82, 2.24) is 0 Å². The van der Waals surface area contributed by atoms with Crippen LogP contribution in [0.25, 0.3) is 0 Å². The first-order chi connectivity index (χ1) is 6.22. The van der Waals surface area contributed by atoms with Crippen LogP contribution in [0, 0.1) is 0 Å². The fraction of sp³-hybridized carbons (Fsp3) is 0.444. The van der Waals surface area contributed by atoms with Crippen molar-refractivity contribution in [1.29, 1.82) is 0 Å². The molecule has 0 radical (unpaired) electrons. The highest BCUT2D eigenvalue weighted by Gasteiger charge is 2.03. The van der Waals surface area contributed by atoms with Crippen molar-refractivity contribution in [2.75, 3.05) is 6.61 Å². The number of halogens is 1. The second-order valence-corrected chi connectivity index (χ2v) is 3.97. The smallest absolute Gasteiger partial charge is 0.306 e. The van der Waals surface area contributed by atoms with Crippen LogP contribution in [0.3, 0.4) is 0 Å². The van der Waals surface area contributed by atoms with E-state index in [1.165, 1.54) is 0 Å². The van der Waals surface area contributed by atoms with Gasteiger partial charge in [-0.1, -0.05) is 11.6 Å². The third-order valence-corrected chi connectivity index (χ3v) is 2.85. The number of ether oxygens (including phenoxy) is 1. The first-order valence-electron chi connectivity index (χ1n) is 4.11. The van der Waals surface area contributed by atoms with E-state index in [0.717, 1.165) is 16.3 Å². The van der Waals surface area contributed by atoms with Crippen LogP contribution in [0.5, 0.6) is 0 Å². The summed E-state index contributed by atoms with van der Waals surface area (Å²) in [4.78, 5) is 12.1. The molecule has 0 atom stereocenters. The highest BCUT2D eigenvalue weighted by Crippen LogP contribution is 2.20. The average Bonchev–Trinajstić information content (AvgIpc) is 2.49. The number of aryl methyl sites for hydroxylation is 1. The maximum Gasteiger partial charge on any atom is 0.306 e. The standard InChI is InChI=1S/C9H11ClO2S/c1-2-12-9(11)4-3-8-5-7(10)6-13-8/h5-6H,2-4H2,1H3. The van der Waals surface area contributed by atoms with Crippen LogP contribution >= 0.6 is 22.9 Å². The van der Waals surface area contributed by atoms with Crippen molar-refractivity contribution in [2.24, 2.45) is 0 Å². The molecule has 72 valence electrons. The monoisotopic (exact) mass is 218 g/mol. The highest BCUT2D eigenvalue weighted by atomic mass is 35.5. The van der Waals surface area contributed by atoms with E-state index in [2.05, 4.69) is 0 Å². The maximum atomic E-state index is 11.0. The van der Waals surface area contributed by atoms with Crippen molar-refractivity contribution < 1.29 is 9.53 Å². The topological polar surface area (TPSA) is 26.3 Å². The zero-order valence-corrected chi connectivity index (χ0v) is 8.95. The molecule has 2 nitrogen and oxygen atoms in total. The number of carbonyl (C=O) groups excluding carboxylic acids is 1. The van der Waals surface area contributed by atoms with Crippen molar-refractivity contribution in [3.05, 3.63) is 21.3 Å². The normalized spacial score (nSPS) is 10.0. The first kappa shape index (κ1) is 10.5. The van der Waals surface area contributed by atoms with E-state index in [9.17, 15) is 4.79 Å². The molecule has 13 heavy (non-hydrogen) atoms. The summed E-state index contributed by atoms with van der Waals surface area (Å²) in [6, 6.07) is 1.88. The molecule has 0 aliphatic heterocycles. The number of rotatable bonds is 4. The Labute approximate surface area is 86.5 Å². The number of hydrogen-bond acceptors (Lipinski definition) is 3. The Morgan fingerprint density at radius 3 is 3.00 bits per heavy atom.